The molecule has 0 N–H and O–H groups in total. The standard InChI is InChI=1S/C31H40BrNO7/c1-28(2,3)38-25(34)33(21-13-11-10-12-14-21)24-17-20(15-16-23(24)32)22-18-31(22,9)19-30(7,8)40-27(36)37-26(35)39-29(4,5)6/h10-17,22H,18-19H2,1-9H3/t22-,31?/m1/s1. The van der Waals surface area contributed by atoms with Crippen LogP contribution in [0.5, 0.6) is 0 Å². The van der Waals surface area contributed by atoms with E-state index in [0.717, 1.165) is 16.5 Å². The largest absolute Gasteiger partial charge is 0.519 e. The maximum atomic E-state index is 13.4. The van der Waals surface area contributed by atoms with Gasteiger partial charge in [0.05, 0.1) is 11.4 Å². The van der Waals surface area contributed by atoms with Gasteiger partial charge in [0.15, 0.2) is 0 Å². The van der Waals surface area contributed by atoms with Crippen molar-refractivity contribution in [2.24, 2.45) is 5.41 Å². The summed E-state index contributed by atoms with van der Waals surface area (Å²) in [5.74, 6) is 0.167. The molecule has 3 rings (SSSR count). The predicted molar refractivity (Wildman–Crippen MR) is 157 cm³/mol. The van der Waals surface area contributed by atoms with E-state index in [1.165, 1.54) is 0 Å². The highest BCUT2D eigenvalue weighted by Gasteiger charge is 2.54. The number of ether oxygens (including phenoxy) is 4. The van der Waals surface area contributed by atoms with Gasteiger partial charge < -0.3 is 18.9 Å². The number of hydrogen-bond donors (Lipinski definition) is 0. The highest BCUT2D eigenvalue weighted by molar-refractivity contribution is 9.10. The third-order valence-corrected chi connectivity index (χ3v) is 6.97. The molecular formula is C31H40BrNO7. The normalized spacial score (nSPS) is 18.9. The number of hydrogen-bond acceptors (Lipinski definition) is 7. The summed E-state index contributed by atoms with van der Waals surface area (Å²) in [5, 5.41) is 0. The van der Waals surface area contributed by atoms with Crippen molar-refractivity contribution in [1.82, 2.24) is 0 Å². The van der Waals surface area contributed by atoms with Gasteiger partial charge in [-0.05, 0) is 125 Å². The molecule has 0 heterocycles. The van der Waals surface area contributed by atoms with E-state index in [9.17, 15) is 14.4 Å². The maximum absolute atomic E-state index is 13.4. The van der Waals surface area contributed by atoms with Gasteiger partial charge in [-0.15, -0.1) is 0 Å². The molecule has 0 aromatic heterocycles. The van der Waals surface area contributed by atoms with Gasteiger partial charge in [-0.25, -0.2) is 19.3 Å². The zero-order valence-corrected chi connectivity index (χ0v) is 26.4. The van der Waals surface area contributed by atoms with Crippen LogP contribution in [0.25, 0.3) is 0 Å². The van der Waals surface area contributed by atoms with Gasteiger partial charge in [0.2, 0.25) is 0 Å². The third-order valence-electron chi connectivity index (χ3n) is 6.30. The Kier molecular flexibility index (Phi) is 8.99. The Morgan fingerprint density at radius 1 is 0.875 bits per heavy atom. The summed E-state index contributed by atoms with van der Waals surface area (Å²) >= 11 is 3.63. The molecule has 0 spiro atoms. The molecule has 2 aromatic carbocycles. The lowest BCUT2D eigenvalue weighted by Crippen LogP contribution is -2.34. The average molecular weight is 619 g/mol. The average Bonchev–Trinajstić information content (AvgIpc) is 3.42. The lowest BCUT2D eigenvalue weighted by Gasteiger charge is -2.29. The first-order valence-corrected chi connectivity index (χ1v) is 14.1. The van der Waals surface area contributed by atoms with Crippen molar-refractivity contribution in [3.05, 3.63) is 58.6 Å². The molecule has 1 fully saturated rings. The van der Waals surface area contributed by atoms with Crippen LogP contribution in [0.3, 0.4) is 0 Å². The van der Waals surface area contributed by atoms with Crippen LogP contribution in [0, 0.1) is 5.41 Å². The maximum Gasteiger partial charge on any atom is 0.519 e. The molecule has 0 aliphatic heterocycles. The lowest BCUT2D eigenvalue weighted by molar-refractivity contribution is -0.0415. The van der Waals surface area contributed by atoms with E-state index < -0.39 is 35.2 Å². The summed E-state index contributed by atoms with van der Waals surface area (Å²) in [6.45, 7) is 16.2. The zero-order chi connectivity index (χ0) is 30.1. The minimum Gasteiger partial charge on any atom is -0.443 e. The SMILES string of the molecule is CC(C)(C)OC(=O)OC(=O)OC(C)(C)CC1(C)C[C@@H]1c1ccc(Br)c(N(C(=O)OC(C)(C)C)c2ccccc2)c1. The number of halogens is 1. The van der Waals surface area contributed by atoms with Crippen LogP contribution in [-0.4, -0.2) is 35.2 Å². The second kappa shape index (κ2) is 11.4. The van der Waals surface area contributed by atoms with Crippen molar-refractivity contribution in [2.45, 2.75) is 97.9 Å². The van der Waals surface area contributed by atoms with E-state index >= 15 is 0 Å². The van der Waals surface area contributed by atoms with E-state index in [1.54, 1.807) is 39.5 Å². The minimum absolute atomic E-state index is 0.167. The number of carbonyl (C=O) groups is 3. The summed E-state index contributed by atoms with van der Waals surface area (Å²) < 4.78 is 21.7. The number of nitrogens with zero attached hydrogens (tertiary/aromatic N) is 1. The number of anilines is 2. The van der Waals surface area contributed by atoms with Crippen molar-refractivity contribution in [3.8, 4) is 0 Å². The van der Waals surface area contributed by atoms with E-state index in [2.05, 4.69) is 27.6 Å². The van der Waals surface area contributed by atoms with Gasteiger partial charge in [-0.3, -0.25) is 0 Å². The highest BCUT2D eigenvalue weighted by atomic mass is 79.9. The monoisotopic (exact) mass is 617 g/mol. The first-order valence-electron chi connectivity index (χ1n) is 13.3. The predicted octanol–water partition coefficient (Wildman–Crippen LogP) is 9.27. The Morgan fingerprint density at radius 2 is 1.45 bits per heavy atom. The molecular weight excluding hydrogens is 578 g/mol. The second-order valence-electron chi connectivity index (χ2n) is 13.1. The van der Waals surface area contributed by atoms with E-state index in [0.29, 0.717) is 17.8 Å². The van der Waals surface area contributed by atoms with Crippen LogP contribution < -0.4 is 4.90 Å². The molecule has 1 amide bonds. The lowest BCUT2D eigenvalue weighted by atomic mass is 9.88. The number of benzene rings is 2. The Morgan fingerprint density at radius 3 is 2.02 bits per heavy atom. The van der Waals surface area contributed by atoms with Gasteiger partial charge in [0.25, 0.3) is 0 Å². The van der Waals surface area contributed by atoms with E-state index in [1.807, 2.05) is 69.3 Å². The molecule has 218 valence electrons. The summed E-state index contributed by atoms with van der Waals surface area (Å²) in [7, 11) is 0. The van der Waals surface area contributed by atoms with Crippen molar-refractivity contribution >= 4 is 45.7 Å². The van der Waals surface area contributed by atoms with Gasteiger partial charge in [0, 0.05) is 4.47 Å². The van der Waals surface area contributed by atoms with Crippen LogP contribution >= 0.6 is 15.9 Å². The first kappa shape index (κ1) is 31.5. The molecule has 0 saturated heterocycles. The van der Waals surface area contributed by atoms with Crippen LogP contribution in [0.2, 0.25) is 0 Å². The van der Waals surface area contributed by atoms with Gasteiger partial charge >= 0.3 is 18.4 Å². The third kappa shape index (κ3) is 8.71. The van der Waals surface area contributed by atoms with E-state index in [4.69, 9.17) is 14.2 Å². The topological polar surface area (TPSA) is 91.4 Å². The molecule has 40 heavy (non-hydrogen) atoms. The Labute approximate surface area is 245 Å². The molecule has 1 aliphatic carbocycles. The summed E-state index contributed by atoms with van der Waals surface area (Å²) in [4.78, 5) is 39.0. The Bertz CT molecular complexity index is 1250. The molecule has 0 bridgehead atoms. The minimum atomic E-state index is -1.10. The molecule has 2 aromatic rings. The number of para-hydroxylation sites is 1. The van der Waals surface area contributed by atoms with Crippen LogP contribution in [-0.2, 0) is 18.9 Å². The smallest absolute Gasteiger partial charge is 0.443 e. The summed E-state index contributed by atoms with van der Waals surface area (Å²) in [6.07, 6.45) is -1.28. The van der Waals surface area contributed by atoms with E-state index in [-0.39, 0.29) is 11.3 Å². The molecule has 1 aliphatic rings. The second-order valence-corrected chi connectivity index (χ2v) is 14.0. The number of amides is 1. The van der Waals surface area contributed by atoms with Crippen LogP contribution in [0.4, 0.5) is 25.8 Å². The van der Waals surface area contributed by atoms with Crippen molar-refractivity contribution in [1.29, 1.82) is 0 Å². The van der Waals surface area contributed by atoms with Crippen molar-refractivity contribution in [2.75, 3.05) is 4.90 Å². The molecule has 1 saturated carbocycles. The van der Waals surface area contributed by atoms with Gasteiger partial charge in [-0.1, -0.05) is 31.2 Å². The number of rotatable bonds is 6. The molecule has 8 nitrogen and oxygen atoms in total. The number of carbonyl (C=O) groups excluding carboxylic acids is 3. The zero-order valence-electron chi connectivity index (χ0n) is 24.8. The quantitative estimate of drug-likeness (QED) is 0.181. The van der Waals surface area contributed by atoms with Crippen LogP contribution in [0.1, 0.15) is 86.6 Å². The molecule has 2 atom stereocenters. The van der Waals surface area contributed by atoms with Crippen molar-refractivity contribution in [3.63, 3.8) is 0 Å². The summed E-state index contributed by atoms with van der Waals surface area (Å²) in [5.41, 5.74) is -0.117. The Balaban J connectivity index is 1.78. The molecule has 9 heteroatoms. The molecule has 1 unspecified atom stereocenters. The summed E-state index contributed by atoms with van der Waals surface area (Å²) in [6, 6.07) is 15.3. The fraction of sp³-hybridized carbons (Fsp3) is 0.516. The van der Waals surface area contributed by atoms with Crippen LogP contribution in [0.15, 0.2) is 53.0 Å². The first-order chi connectivity index (χ1) is 18.3. The fourth-order valence-electron chi connectivity index (χ4n) is 4.86. The van der Waals surface area contributed by atoms with Crippen molar-refractivity contribution < 1.29 is 33.3 Å². The van der Waals surface area contributed by atoms with Gasteiger partial charge in [0.1, 0.15) is 16.8 Å². The molecule has 0 radical (unpaired) electrons. The fourth-order valence-corrected chi connectivity index (χ4v) is 5.29. The van der Waals surface area contributed by atoms with Gasteiger partial charge in [-0.2, -0.15) is 0 Å². The highest BCUT2D eigenvalue weighted by Crippen LogP contribution is 2.63. The Hall–Kier alpha value is -3.07.